The molecule has 1 saturated heterocycles. The molecule has 16 heavy (non-hydrogen) atoms. The second kappa shape index (κ2) is 4.11. The zero-order chi connectivity index (χ0) is 11.7. The van der Waals surface area contributed by atoms with Crippen molar-refractivity contribution in [1.29, 1.82) is 0 Å². The molecule has 1 aliphatic rings. The lowest BCUT2D eigenvalue weighted by Gasteiger charge is -2.25. The predicted molar refractivity (Wildman–Crippen MR) is 56.4 cm³/mol. The maximum Gasteiger partial charge on any atom is 0.259 e. The summed E-state index contributed by atoms with van der Waals surface area (Å²) in [4.78, 5) is 23.9. The Kier molecular flexibility index (Phi) is 2.80. The molecule has 0 saturated carbocycles. The van der Waals surface area contributed by atoms with E-state index < -0.39 is 11.8 Å². The number of carbonyl (C=O) groups excluding carboxylic acids is 2. The van der Waals surface area contributed by atoms with Crippen LogP contribution >= 0.6 is 11.6 Å². The van der Waals surface area contributed by atoms with Gasteiger partial charge >= 0.3 is 0 Å². The van der Waals surface area contributed by atoms with E-state index in [1.807, 2.05) is 0 Å². The van der Waals surface area contributed by atoms with Crippen LogP contribution in [-0.2, 0) is 14.3 Å². The summed E-state index contributed by atoms with van der Waals surface area (Å²) in [5.74, 6) is -0.991. The van der Waals surface area contributed by atoms with Gasteiger partial charge in [0.25, 0.3) is 11.8 Å². The first-order valence-corrected chi connectivity index (χ1v) is 4.89. The SMILES string of the molecule is O=C1COCC(=O)N1c1ccc(O)c(Cl)c1. The van der Waals surface area contributed by atoms with Crippen LogP contribution in [0.5, 0.6) is 5.75 Å². The average Bonchev–Trinajstić information content (AvgIpc) is 2.23. The van der Waals surface area contributed by atoms with Crippen molar-refractivity contribution in [3.05, 3.63) is 23.2 Å². The molecule has 6 heteroatoms. The maximum absolute atomic E-state index is 11.5. The van der Waals surface area contributed by atoms with Gasteiger partial charge < -0.3 is 9.84 Å². The van der Waals surface area contributed by atoms with Crippen molar-refractivity contribution in [2.75, 3.05) is 18.1 Å². The molecule has 1 aromatic rings. The highest BCUT2D eigenvalue weighted by Gasteiger charge is 2.28. The molecule has 84 valence electrons. The Balaban J connectivity index is 2.38. The Morgan fingerprint density at radius 3 is 2.44 bits per heavy atom. The molecule has 1 N–H and O–H groups in total. The van der Waals surface area contributed by atoms with Crippen LogP contribution in [0.25, 0.3) is 0 Å². The number of aromatic hydroxyl groups is 1. The third kappa shape index (κ3) is 1.87. The molecule has 1 heterocycles. The van der Waals surface area contributed by atoms with Gasteiger partial charge in [0.1, 0.15) is 19.0 Å². The Labute approximate surface area is 96.2 Å². The second-order valence-electron chi connectivity index (χ2n) is 3.25. The van der Waals surface area contributed by atoms with E-state index in [1.165, 1.54) is 18.2 Å². The van der Waals surface area contributed by atoms with E-state index in [0.717, 1.165) is 4.90 Å². The van der Waals surface area contributed by atoms with Crippen molar-refractivity contribution < 1.29 is 19.4 Å². The maximum atomic E-state index is 11.5. The summed E-state index contributed by atoms with van der Waals surface area (Å²) in [6, 6.07) is 4.13. The fourth-order valence-electron chi connectivity index (χ4n) is 1.42. The minimum Gasteiger partial charge on any atom is -0.506 e. The van der Waals surface area contributed by atoms with E-state index in [1.54, 1.807) is 0 Å². The molecule has 2 amide bonds. The topological polar surface area (TPSA) is 66.8 Å². The van der Waals surface area contributed by atoms with E-state index in [-0.39, 0.29) is 24.0 Å². The van der Waals surface area contributed by atoms with Gasteiger partial charge in [0.15, 0.2) is 0 Å². The van der Waals surface area contributed by atoms with Gasteiger partial charge in [0.2, 0.25) is 0 Å². The summed E-state index contributed by atoms with van der Waals surface area (Å²) in [5, 5.41) is 9.32. The van der Waals surface area contributed by atoms with Crippen LogP contribution < -0.4 is 4.90 Å². The molecule has 0 aromatic heterocycles. The molecule has 0 radical (unpaired) electrons. The lowest BCUT2D eigenvalue weighted by molar-refractivity contribution is -0.138. The summed E-state index contributed by atoms with van der Waals surface area (Å²) in [6.45, 7) is -0.269. The standard InChI is InChI=1S/C10H8ClNO4/c11-7-3-6(1-2-8(7)13)12-9(14)4-16-5-10(12)15/h1-3,13H,4-5H2. The van der Waals surface area contributed by atoms with Crippen LogP contribution in [0.15, 0.2) is 18.2 Å². The zero-order valence-corrected chi connectivity index (χ0v) is 8.90. The summed E-state index contributed by atoms with van der Waals surface area (Å²) in [5.41, 5.74) is 0.334. The number of benzene rings is 1. The van der Waals surface area contributed by atoms with Crippen LogP contribution in [-0.4, -0.2) is 30.1 Å². The lowest BCUT2D eigenvalue weighted by atomic mass is 10.2. The Morgan fingerprint density at radius 2 is 1.88 bits per heavy atom. The number of amides is 2. The molecular formula is C10H8ClNO4. The Hall–Kier alpha value is -1.59. The molecule has 5 nitrogen and oxygen atoms in total. The first kappa shape index (κ1) is 10.9. The summed E-state index contributed by atoms with van der Waals surface area (Å²) >= 11 is 5.70. The van der Waals surface area contributed by atoms with Crippen molar-refractivity contribution >= 4 is 29.1 Å². The van der Waals surface area contributed by atoms with Crippen LogP contribution in [0.1, 0.15) is 0 Å². The molecular weight excluding hydrogens is 234 g/mol. The number of halogens is 1. The number of hydrogen-bond donors (Lipinski definition) is 1. The molecule has 0 aliphatic carbocycles. The minimum absolute atomic E-state index is 0.0876. The summed E-state index contributed by atoms with van der Waals surface area (Å²) < 4.78 is 4.78. The highest BCUT2D eigenvalue weighted by Crippen LogP contribution is 2.28. The smallest absolute Gasteiger partial charge is 0.259 e. The number of nitrogens with zero attached hydrogens (tertiary/aromatic N) is 1. The summed E-state index contributed by atoms with van der Waals surface area (Å²) in [6.07, 6.45) is 0. The van der Waals surface area contributed by atoms with Gasteiger partial charge in [-0.2, -0.15) is 0 Å². The van der Waals surface area contributed by atoms with E-state index >= 15 is 0 Å². The van der Waals surface area contributed by atoms with Crippen molar-refractivity contribution in [3.63, 3.8) is 0 Å². The first-order chi connectivity index (χ1) is 7.59. The zero-order valence-electron chi connectivity index (χ0n) is 8.14. The van der Waals surface area contributed by atoms with Gasteiger partial charge in [0, 0.05) is 0 Å². The molecule has 1 aliphatic heterocycles. The van der Waals surface area contributed by atoms with E-state index in [2.05, 4.69) is 0 Å². The highest BCUT2D eigenvalue weighted by molar-refractivity contribution is 6.32. The third-order valence-electron chi connectivity index (χ3n) is 2.14. The van der Waals surface area contributed by atoms with Crippen LogP contribution in [0.3, 0.4) is 0 Å². The number of imide groups is 1. The number of rotatable bonds is 1. The second-order valence-corrected chi connectivity index (χ2v) is 3.66. The highest BCUT2D eigenvalue weighted by atomic mass is 35.5. The third-order valence-corrected chi connectivity index (χ3v) is 2.44. The van der Waals surface area contributed by atoms with Gasteiger partial charge in [-0.25, -0.2) is 4.90 Å². The van der Waals surface area contributed by atoms with E-state index in [4.69, 9.17) is 16.3 Å². The average molecular weight is 242 g/mol. The summed E-state index contributed by atoms with van der Waals surface area (Å²) in [7, 11) is 0. The molecule has 1 aromatic carbocycles. The number of anilines is 1. The van der Waals surface area contributed by atoms with E-state index in [9.17, 15) is 14.7 Å². The van der Waals surface area contributed by atoms with E-state index in [0.29, 0.717) is 5.69 Å². The first-order valence-electron chi connectivity index (χ1n) is 4.51. The lowest BCUT2D eigenvalue weighted by Crippen LogP contribution is -2.46. The van der Waals surface area contributed by atoms with Gasteiger partial charge in [-0.3, -0.25) is 9.59 Å². The van der Waals surface area contributed by atoms with Crippen LogP contribution in [0.4, 0.5) is 5.69 Å². The number of carbonyl (C=O) groups is 2. The molecule has 0 spiro atoms. The number of phenols is 1. The minimum atomic E-state index is -0.446. The van der Waals surface area contributed by atoms with Crippen molar-refractivity contribution in [3.8, 4) is 5.75 Å². The quantitative estimate of drug-likeness (QED) is 0.743. The van der Waals surface area contributed by atoms with Crippen molar-refractivity contribution in [1.82, 2.24) is 0 Å². The van der Waals surface area contributed by atoms with Gasteiger partial charge in [0.05, 0.1) is 10.7 Å². The van der Waals surface area contributed by atoms with Gasteiger partial charge in [-0.05, 0) is 18.2 Å². The predicted octanol–water partition coefficient (Wildman–Crippen LogP) is 0.935. The molecule has 2 rings (SSSR count). The molecule has 0 atom stereocenters. The monoisotopic (exact) mass is 241 g/mol. The van der Waals surface area contributed by atoms with Crippen LogP contribution in [0.2, 0.25) is 5.02 Å². The van der Waals surface area contributed by atoms with Crippen molar-refractivity contribution in [2.45, 2.75) is 0 Å². The van der Waals surface area contributed by atoms with Crippen molar-refractivity contribution in [2.24, 2.45) is 0 Å². The number of ether oxygens (including phenoxy) is 1. The number of phenolic OH excluding ortho intramolecular Hbond substituents is 1. The van der Waals surface area contributed by atoms with Crippen LogP contribution in [0, 0.1) is 0 Å². The molecule has 0 unspecified atom stereocenters. The Morgan fingerprint density at radius 1 is 1.25 bits per heavy atom. The van der Waals surface area contributed by atoms with Gasteiger partial charge in [-0.1, -0.05) is 11.6 Å². The molecule has 0 bridgehead atoms. The molecule has 1 fully saturated rings. The number of morpholine rings is 1. The number of hydrogen-bond acceptors (Lipinski definition) is 4. The fourth-order valence-corrected chi connectivity index (χ4v) is 1.59. The Bertz CT molecular complexity index is 444. The fraction of sp³-hybridized carbons (Fsp3) is 0.200. The van der Waals surface area contributed by atoms with Gasteiger partial charge in [-0.15, -0.1) is 0 Å². The largest absolute Gasteiger partial charge is 0.506 e. The normalized spacial score (nSPS) is 16.7.